The first kappa shape index (κ1) is 26.7. The van der Waals surface area contributed by atoms with Crippen molar-refractivity contribution in [2.24, 2.45) is 0 Å². The van der Waals surface area contributed by atoms with Gasteiger partial charge in [-0.3, -0.25) is 4.79 Å². The van der Waals surface area contributed by atoms with Crippen LogP contribution in [0.3, 0.4) is 0 Å². The largest absolute Gasteiger partial charge is 0.314 e. The number of aryl methyl sites for hydroxylation is 3. The number of piperidine rings is 1. The summed E-state index contributed by atoms with van der Waals surface area (Å²) in [7, 11) is 0. The maximum absolute atomic E-state index is 13.3. The fourth-order valence-electron chi connectivity index (χ4n) is 5.34. The zero-order valence-corrected chi connectivity index (χ0v) is 22.9. The Labute approximate surface area is 219 Å². The second kappa shape index (κ2) is 12.1. The molecular formula is C27H36N3OY+. The molecule has 0 bridgehead atoms. The van der Waals surface area contributed by atoms with Crippen LogP contribution in [0, 0.1) is 27.3 Å². The Balaban J connectivity index is 0.000000388. The number of hydrogen-bond donors (Lipinski definition) is 0. The average molecular weight is 508 g/mol. The molecule has 0 N–H and O–H groups in total. The van der Waals surface area contributed by atoms with Gasteiger partial charge in [0.1, 0.15) is 0 Å². The van der Waals surface area contributed by atoms with Gasteiger partial charge in [-0.1, -0.05) is 48.0 Å². The number of rotatable bonds is 3. The number of amides is 1. The van der Waals surface area contributed by atoms with E-state index >= 15 is 0 Å². The van der Waals surface area contributed by atoms with E-state index in [1.54, 1.807) is 0 Å². The molecule has 0 saturated carbocycles. The number of carbonyl (C=O) groups is 1. The number of hydrogen-bond acceptors (Lipinski definition) is 1. The molecule has 1 atom stereocenters. The molecular weight excluding hydrogens is 471 g/mol. The van der Waals surface area contributed by atoms with Crippen molar-refractivity contribution < 1.29 is 42.0 Å². The van der Waals surface area contributed by atoms with Crippen LogP contribution in [0.25, 0.3) is 4.85 Å². The van der Waals surface area contributed by atoms with Crippen LogP contribution in [-0.4, -0.2) is 42.6 Å². The van der Waals surface area contributed by atoms with E-state index in [4.69, 9.17) is 6.57 Å². The minimum atomic E-state index is 0. The van der Waals surface area contributed by atoms with Crippen molar-refractivity contribution in [3.8, 4) is 0 Å². The number of quaternary nitrogens is 1. The minimum Gasteiger partial charge on any atom is -0.314 e. The third kappa shape index (κ3) is 5.87. The van der Waals surface area contributed by atoms with E-state index in [1.807, 2.05) is 49.1 Å². The number of likely N-dealkylation sites (N-methyl/N-ethyl adjacent to an activating group) is 1. The van der Waals surface area contributed by atoms with Crippen molar-refractivity contribution in [2.45, 2.75) is 59.4 Å². The Morgan fingerprint density at radius 3 is 2.09 bits per heavy atom. The molecule has 0 spiro atoms. The van der Waals surface area contributed by atoms with Crippen LogP contribution in [0.2, 0.25) is 0 Å². The average Bonchev–Trinajstić information content (AvgIpc) is 3.16. The summed E-state index contributed by atoms with van der Waals surface area (Å²) in [4.78, 5) is 18.8. The Kier molecular flexibility index (Phi) is 10.1. The van der Waals surface area contributed by atoms with E-state index in [-0.39, 0.29) is 38.8 Å². The quantitative estimate of drug-likeness (QED) is 0.371. The molecule has 1 radical (unpaired) electrons. The van der Waals surface area contributed by atoms with E-state index in [0.717, 1.165) is 53.9 Å². The van der Waals surface area contributed by atoms with E-state index < -0.39 is 0 Å². The zero-order valence-electron chi connectivity index (χ0n) is 20.1. The van der Waals surface area contributed by atoms with Crippen LogP contribution < -0.4 is 4.90 Å². The monoisotopic (exact) mass is 507 g/mol. The SMILES string of the molecule is Cc1ccccc1.[C-]#[N+]c1cc(C)c(N2CCC([N+]3(CC)CCCCC3)C2=O)c(C)c1.[Y]. The topological polar surface area (TPSA) is 24.7 Å². The van der Waals surface area contributed by atoms with E-state index in [0.29, 0.717) is 11.6 Å². The molecule has 2 aliphatic heterocycles. The number of anilines is 1. The summed E-state index contributed by atoms with van der Waals surface area (Å²) < 4.78 is 0.980. The molecule has 4 rings (SSSR count). The molecule has 2 aromatic rings. The fourth-order valence-corrected chi connectivity index (χ4v) is 5.34. The molecule has 1 unspecified atom stereocenters. The fraction of sp³-hybridized carbons (Fsp3) is 0.481. The summed E-state index contributed by atoms with van der Waals surface area (Å²) in [5.74, 6) is 0.292. The van der Waals surface area contributed by atoms with Crippen molar-refractivity contribution in [3.63, 3.8) is 0 Å². The third-order valence-corrected chi connectivity index (χ3v) is 6.99. The number of nitrogens with zero attached hydrogens (tertiary/aromatic N) is 3. The van der Waals surface area contributed by atoms with Crippen molar-refractivity contribution in [3.05, 3.63) is 70.6 Å². The molecule has 167 valence electrons. The van der Waals surface area contributed by atoms with Crippen LogP contribution in [0.15, 0.2) is 42.5 Å². The first-order chi connectivity index (χ1) is 14.9. The number of likely N-dealkylation sites (tertiary alicyclic amines) is 1. The summed E-state index contributed by atoms with van der Waals surface area (Å²) in [5.41, 5.74) is 5.09. The Bertz CT molecular complexity index is 922. The maximum Gasteiger partial charge on any atom is 0.285 e. The summed E-state index contributed by atoms with van der Waals surface area (Å²) >= 11 is 0. The van der Waals surface area contributed by atoms with Crippen LogP contribution in [0.1, 0.15) is 49.3 Å². The maximum atomic E-state index is 13.3. The summed E-state index contributed by atoms with van der Waals surface area (Å²) in [6, 6.07) is 14.2. The molecule has 0 aromatic heterocycles. The summed E-state index contributed by atoms with van der Waals surface area (Å²) in [6.45, 7) is 19.7. The second-order valence-corrected chi connectivity index (χ2v) is 9.03. The molecule has 2 heterocycles. The van der Waals surface area contributed by atoms with Gasteiger partial charge in [0.05, 0.1) is 26.2 Å². The van der Waals surface area contributed by atoms with E-state index in [2.05, 4.69) is 30.8 Å². The Morgan fingerprint density at radius 2 is 1.62 bits per heavy atom. The van der Waals surface area contributed by atoms with Crippen molar-refractivity contribution in [2.75, 3.05) is 31.1 Å². The minimum absolute atomic E-state index is 0. The molecule has 0 aliphatic carbocycles. The first-order valence-corrected chi connectivity index (χ1v) is 11.6. The molecule has 2 aromatic carbocycles. The van der Waals surface area contributed by atoms with Crippen LogP contribution in [0.4, 0.5) is 11.4 Å². The van der Waals surface area contributed by atoms with Crippen LogP contribution >= 0.6 is 0 Å². The van der Waals surface area contributed by atoms with Gasteiger partial charge in [0.15, 0.2) is 11.7 Å². The Morgan fingerprint density at radius 1 is 1.03 bits per heavy atom. The molecule has 2 aliphatic rings. The van der Waals surface area contributed by atoms with Gasteiger partial charge in [-0.2, -0.15) is 0 Å². The van der Waals surface area contributed by atoms with Crippen molar-refractivity contribution in [1.82, 2.24) is 0 Å². The van der Waals surface area contributed by atoms with Gasteiger partial charge in [-0.25, -0.2) is 4.85 Å². The van der Waals surface area contributed by atoms with E-state index in [1.165, 1.54) is 24.8 Å². The smallest absolute Gasteiger partial charge is 0.285 e. The molecule has 2 saturated heterocycles. The van der Waals surface area contributed by atoms with Gasteiger partial charge in [-0.05, 0) is 58.1 Å². The predicted molar refractivity (Wildman–Crippen MR) is 129 cm³/mol. The molecule has 32 heavy (non-hydrogen) atoms. The normalized spacial score (nSPS) is 19.4. The van der Waals surface area contributed by atoms with Gasteiger partial charge in [0, 0.05) is 51.4 Å². The van der Waals surface area contributed by atoms with Gasteiger partial charge in [-0.15, -0.1) is 0 Å². The molecule has 4 nitrogen and oxygen atoms in total. The number of benzene rings is 2. The first-order valence-electron chi connectivity index (χ1n) is 11.6. The van der Waals surface area contributed by atoms with Gasteiger partial charge < -0.3 is 9.38 Å². The van der Waals surface area contributed by atoms with E-state index in [9.17, 15) is 4.79 Å². The molecule has 1 amide bonds. The Hall–Kier alpha value is -1.54. The standard InChI is InChI=1S/C20H28N3O.C7H8.Y/c1-5-23(11-7-6-8-12-23)18-9-10-22(20(18)24)19-15(2)13-17(21-4)14-16(19)3;1-7-5-3-2-4-6-7;/h13-14,18H,5-12H2,1-3H3;2-6H,1H3;/q+1;;. The predicted octanol–water partition coefficient (Wildman–Crippen LogP) is 5.97. The second-order valence-electron chi connectivity index (χ2n) is 9.03. The number of carbonyl (C=O) groups excluding carboxylic acids is 1. The van der Waals surface area contributed by atoms with Gasteiger partial charge in [0.2, 0.25) is 0 Å². The zero-order chi connectivity index (χ0) is 22.4. The summed E-state index contributed by atoms with van der Waals surface area (Å²) in [5, 5.41) is 0. The molecule has 5 heteroatoms. The van der Waals surface area contributed by atoms with Crippen LogP contribution in [0.5, 0.6) is 0 Å². The van der Waals surface area contributed by atoms with Gasteiger partial charge >= 0.3 is 0 Å². The third-order valence-electron chi connectivity index (χ3n) is 6.99. The van der Waals surface area contributed by atoms with Gasteiger partial charge in [0.25, 0.3) is 5.91 Å². The summed E-state index contributed by atoms with van der Waals surface area (Å²) in [6.07, 6.45) is 4.75. The molecule has 2 fully saturated rings. The van der Waals surface area contributed by atoms with Crippen molar-refractivity contribution in [1.29, 1.82) is 0 Å². The van der Waals surface area contributed by atoms with Crippen molar-refractivity contribution >= 4 is 17.3 Å². The van der Waals surface area contributed by atoms with Crippen LogP contribution in [-0.2, 0) is 37.5 Å².